The number of H-pyrrole nitrogens is 2. The minimum Gasteiger partial charge on any atom is -0.693 e. The van der Waals surface area contributed by atoms with E-state index in [9.17, 15) is 53.0 Å². The summed E-state index contributed by atoms with van der Waals surface area (Å²) in [4.78, 5) is 108. The first kappa shape index (κ1) is 65.7. The number of nitrogens with one attached hydrogen (secondary N) is 2. The number of aromatic nitrogens is 14. The van der Waals surface area contributed by atoms with Gasteiger partial charge in [-0.05, 0) is 6.92 Å². The number of imidazole rings is 3. The normalized spacial score (nSPS) is 28.0. The number of nitrogen functional groups attached to an aromatic ring is 3. The number of aryl methyl sites for hydroxylation is 1. The Morgan fingerprint density at radius 3 is 1.58 bits per heavy atom. The Morgan fingerprint density at radius 2 is 1.06 bits per heavy atom. The summed E-state index contributed by atoms with van der Waals surface area (Å²) in [5.74, 6) is -0.163. The Morgan fingerprint density at radius 1 is 0.607 bits per heavy atom. The molecule has 0 spiro atoms. The van der Waals surface area contributed by atoms with Crippen molar-refractivity contribution in [1.29, 1.82) is 0 Å². The number of aliphatic hydroxyl groups is 2. The monoisotopic (exact) mass is 1430 g/mol. The van der Waals surface area contributed by atoms with Crippen LogP contribution in [0.15, 0.2) is 52.2 Å². The average molecular weight is 1430 g/mol. The Balaban J connectivity index is 0.00000253. The second-order valence-corrected chi connectivity index (χ2v) is 22.7. The molecule has 4 saturated heterocycles. The van der Waals surface area contributed by atoms with E-state index in [-0.39, 0.29) is 115 Å². The second kappa shape index (κ2) is 25.6. The van der Waals surface area contributed by atoms with Crippen molar-refractivity contribution in [2.24, 2.45) is 0 Å². The molecule has 0 bridgehead atoms. The molecule has 4 aliphatic heterocycles. The van der Waals surface area contributed by atoms with E-state index in [0.29, 0.717) is 0 Å². The number of phosphoric acid groups is 3. The van der Waals surface area contributed by atoms with Crippen LogP contribution in [0, 0.1) is 6.92 Å². The van der Waals surface area contributed by atoms with Crippen molar-refractivity contribution in [2.75, 3.05) is 37.0 Å². The van der Waals surface area contributed by atoms with Gasteiger partial charge in [0.25, 0.3) is 11.1 Å². The van der Waals surface area contributed by atoms with Gasteiger partial charge < -0.3 is 79.5 Å². The Kier molecular flexibility index (Phi) is 20.1. The third-order valence-corrected chi connectivity index (χ3v) is 16.3. The van der Waals surface area contributed by atoms with Gasteiger partial charge in [-0.2, -0.15) is 4.98 Å². The van der Waals surface area contributed by atoms with Gasteiger partial charge in [-0.25, -0.2) is 53.4 Å². The number of anilines is 3. The number of hydrogen-bond acceptors (Lipinski definition) is 30. The number of hydrogen-bond donors (Lipinski definition) is 11. The number of nitrogens with zero attached hydrogens (tertiary/aromatic N) is 12. The molecule has 0 aromatic carbocycles. The van der Waals surface area contributed by atoms with Crippen molar-refractivity contribution in [3.63, 3.8) is 0 Å². The van der Waals surface area contributed by atoms with E-state index in [1.165, 1.54) is 45.9 Å². The van der Waals surface area contributed by atoms with Gasteiger partial charge in [0, 0.05) is 37.4 Å². The molecule has 20 N–H and O–H groups in total. The summed E-state index contributed by atoms with van der Waals surface area (Å²) < 4.78 is 103. The quantitative estimate of drug-likeness (QED) is 0.0473. The van der Waals surface area contributed by atoms with Crippen molar-refractivity contribution in [2.45, 2.75) is 107 Å². The van der Waals surface area contributed by atoms with E-state index in [1.54, 1.807) is 0 Å². The molecule has 15 unspecified atom stereocenters. The van der Waals surface area contributed by atoms with Gasteiger partial charge in [0.2, 0.25) is 5.95 Å². The van der Waals surface area contributed by atoms with E-state index in [2.05, 4.69) is 49.8 Å². The maximum Gasteiger partial charge on any atom is 2.00 e. The Bertz CT molecular complexity index is 3830. The Hall–Kier alpha value is -5.81. The number of fused-ring (bicyclic) bond motifs is 3. The van der Waals surface area contributed by atoms with Crippen molar-refractivity contribution < 1.29 is 106 Å². The average Bonchev–Trinajstić information content (AvgIpc) is 4.49. The first-order chi connectivity index (χ1) is 38.0. The fraction of sp³-hybridized carbons (Fsp3) is 0.513. The number of aromatic amines is 2. The topological polar surface area (TPSA) is 630 Å². The van der Waals surface area contributed by atoms with Crippen molar-refractivity contribution in [3.8, 4) is 0 Å². The molecular formula is C39H55N20O21P3Pt. The van der Waals surface area contributed by atoms with Crippen molar-refractivity contribution >= 4 is 74.5 Å². The first-order valence-corrected chi connectivity index (χ1v) is 28.3. The summed E-state index contributed by atoms with van der Waals surface area (Å²) in [5.41, 5.74) is 16.0. The zero-order valence-corrected chi connectivity index (χ0v) is 48.2. The molecule has 41 nitrogen and oxygen atoms in total. The van der Waals surface area contributed by atoms with Gasteiger partial charge in [0.05, 0.1) is 38.8 Å². The van der Waals surface area contributed by atoms with E-state index in [1.807, 2.05) is 0 Å². The third kappa shape index (κ3) is 13.4. The number of aliphatic hydroxyl groups excluding tert-OH is 2. The van der Waals surface area contributed by atoms with Crippen LogP contribution in [0.5, 0.6) is 0 Å². The van der Waals surface area contributed by atoms with Crippen LogP contribution in [0.25, 0.3) is 45.8 Å². The van der Waals surface area contributed by atoms with Crippen LogP contribution in [0.2, 0.25) is 0 Å². The molecule has 0 radical (unpaired) electrons. The molecule has 45 heteroatoms. The summed E-state index contributed by atoms with van der Waals surface area (Å²) in [7, 11) is -15.9. The molecule has 7 aromatic rings. The molecule has 0 aliphatic carbocycles. The smallest absolute Gasteiger partial charge is 0.693 e. The zero-order valence-electron chi connectivity index (χ0n) is 43.2. The number of ether oxygens (including phenoxy) is 4. The van der Waals surface area contributed by atoms with E-state index in [4.69, 9.17) is 63.3 Å². The molecule has 0 saturated carbocycles. The van der Waals surface area contributed by atoms with Gasteiger partial charge in [-0.3, -0.25) is 65.0 Å². The maximum absolute atomic E-state index is 14.0. The molecular weight excluding hydrogens is 1370 g/mol. The Labute approximate surface area is 483 Å². The predicted octanol–water partition coefficient (Wildman–Crippen LogP) is -0.0344. The maximum atomic E-state index is 14.0. The molecule has 84 heavy (non-hydrogen) atoms. The summed E-state index contributed by atoms with van der Waals surface area (Å²) in [6.45, 7) is -1.13. The minimum atomic E-state index is -5.38. The van der Waals surface area contributed by atoms with Crippen LogP contribution in [0.4, 0.5) is 17.6 Å². The van der Waals surface area contributed by atoms with Crippen LogP contribution >= 0.6 is 23.5 Å². The molecule has 4 fully saturated rings. The first-order valence-electron chi connectivity index (χ1n) is 23.8. The molecule has 7 aromatic heterocycles. The van der Waals surface area contributed by atoms with Crippen LogP contribution in [-0.2, 0) is 80.9 Å². The van der Waals surface area contributed by atoms with Gasteiger partial charge in [-0.1, -0.05) is 0 Å². The van der Waals surface area contributed by atoms with Gasteiger partial charge >= 0.3 is 50.2 Å². The molecule has 4 aliphatic rings. The van der Waals surface area contributed by atoms with E-state index in [0.717, 1.165) is 17.1 Å². The van der Waals surface area contributed by atoms with Gasteiger partial charge in [0.15, 0.2) is 40.4 Å². The molecule has 15 atom stereocenters. The second-order valence-electron chi connectivity index (χ2n) is 18.5. The van der Waals surface area contributed by atoms with Crippen molar-refractivity contribution in [1.82, 2.24) is 74.3 Å². The summed E-state index contributed by atoms with van der Waals surface area (Å²) in [5, 5.41) is 21.1. The summed E-state index contributed by atoms with van der Waals surface area (Å²) in [6, 6.07) is 0. The molecule has 11 heterocycles. The number of nitrogens with two attached hydrogens (primary N) is 5. The number of phosphoric ester groups is 3. The fourth-order valence-corrected chi connectivity index (χ4v) is 12.5. The summed E-state index contributed by atoms with van der Waals surface area (Å²) >= 11 is 0. The van der Waals surface area contributed by atoms with Gasteiger partial charge in [0.1, 0.15) is 91.3 Å². The van der Waals surface area contributed by atoms with E-state index >= 15 is 0 Å². The van der Waals surface area contributed by atoms with Crippen LogP contribution in [-0.4, -0.2) is 162 Å². The predicted molar refractivity (Wildman–Crippen MR) is 278 cm³/mol. The largest absolute Gasteiger partial charge is 2.00 e. The van der Waals surface area contributed by atoms with Crippen LogP contribution < -0.4 is 40.2 Å². The standard InChI is InChI=1S/C39H48N17O21P3.H3N.2H2N.Pt/c1-15-6-53(39(61)52-35(15)59)24-4-18(21(71-24)8-68-78(62,63)74-17-3-25(70-20(17)7-57)54-12-47-27-30(40)43-10-45-32(27)54)75-79(64,65)69-9-22-19(5-26(72-22)55-13-48-28-31(41)44-11-46-33(28)55)76-80(66,67)77-37-16(58)2-23(73-37)56-14-49-29-34(56)50-38(42)51-36(29)60;;;;/h6,10-14,16-26,37,57-58H,2-5,7-9H2,1H3,(H,62,63)(H,64,65)(H,66,67)(H2,40,43,45)(H2,41,44,46)(H,52,59,61)(H3,42,50,51,60);1H3;2*1H2;/q;;2*-1;+2. The van der Waals surface area contributed by atoms with E-state index < -0.39 is 140 Å². The van der Waals surface area contributed by atoms with Crippen LogP contribution in [0.3, 0.4) is 0 Å². The fourth-order valence-electron chi connectivity index (χ4n) is 9.48. The summed E-state index contributed by atoms with van der Waals surface area (Å²) in [6.07, 6.45) is -10.5. The zero-order chi connectivity index (χ0) is 56.6. The molecule has 11 rings (SSSR count). The molecule has 462 valence electrons. The van der Waals surface area contributed by atoms with Crippen LogP contribution in [0.1, 0.15) is 56.2 Å². The molecule has 0 amide bonds. The third-order valence-electron chi connectivity index (χ3n) is 13.2. The minimum absolute atomic E-state index is 0. The van der Waals surface area contributed by atoms with Crippen molar-refractivity contribution in [3.05, 3.63) is 86.9 Å². The SMILES string of the molecule is Cc1cn(C2CC(OP(=O)(O)OCC3OC(n4cnc5c(N)ncnc54)CC3OP(=O)(O)OC3OC(n4cnc5c(=O)[nH]c(N)nc54)CC3O)C(COP(=O)(O)OC3CC(n4cnc5c(N)ncnc54)OC3CO)O2)c(=O)[nH]c1=O.N.[NH2-].[NH2-].[Pt+2]. The number of rotatable bonds is 19. The van der Waals surface area contributed by atoms with Gasteiger partial charge in [-0.15, -0.1) is 0 Å².